The molecule has 0 spiro atoms. The maximum absolute atomic E-state index is 14.3. The molecule has 1 atom stereocenters. The number of carbonyl (C=O) groups is 2. The first kappa shape index (κ1) is 31.2. The highest BCUT2D eigenvalue weighted by Gasteiger charge is 2.34. The van der Waals surface area contributed by atoms with Crippen molar-refractivity contribution in [3.8, 4) is 5.75 Å². The van der Waals surface area contributed by atoms with Crippen LogP contribution in [0.15, 0.2) is 114 Å². The number of nitrogens with zero attached hydrogens (tertiary/aromatic N) is 2. The molecule has 0 unspecified atom stereocenters. The van der Waals surface area contributed by atoms with E-state index in [1.54, 1.807) is 6.92 Å². The van der Waals surface area contributed by atoms with E-state index in [1.165, 1.54) is 48.4 Å². The molecule has 0 saturated carbocycles. The van der Waals surface area contributed by atoms with Gasteiger partial charge in [-0.25, -0.2) is 12.8 Å². The zero-order valence-corrected chi connectivity index (χ0v) is 24.8. The van der Waals surface area contributed by atoms with Gasteiger partial charge in [-0.05, 0) is 66.6 Å². The number of hydrogen-bond donors (Lipinski definition) is 1. The fourth-order valence-corrected chi connectivity index (χ4v) is 6.05. The van der Waals surface area contributed by atoms with Gasteiger partial charge in [0.25, 0.3) is 10.0 Å². The number of hydrogen-bond acceptors (Lipinski definition) is 5. The van der Waals surface area contributed by atoms with Crippen LogP contribution in [0.4, 0.5) is 10.1 Å². The van der Waals surface area contributed by atoms with E-state index >= 15 is 0 Å². The van der Waals surface area contributed by atoms with Gasteiger partial charge in [0.2, 0.25) is 11.8 Å². The minimum atomic E-state index is -4.30. The molecule has 0 aromatic heterocycles. The Hall–Kier alpha value is -4.70. The molecule has 4 rings (SSSR count). The van der Waals surface area contributed by atoms with Gasteiger partial charge in [0.05, 0.1) is 17.7 Å². The molecule has 4 aromatic rings. The van der Waals surface area contributed by atoms with Gasteiger partial charge in [-0.2, -0.15) is 0 Å². The van der Waals surface area contributed by atoms with Crippen LogP contribution >= 0.6 is 0 Å². The average Bonchev–Trinajstić information content (AvgIpc) is 3.03. The van der Waals surface area contributed by atoms with Crippen molar-refractivity contribution in [2.75, 3.05) is 24.5 Å². The summed E-state index contributed by atoms with van der Waals surface area (Å²) in [7, 11) is -2.83. The number of methoxy groups -OCH3 is 1. The molecule has 0 saturated heterocycles. The molecule has 0 heterocycles. The maximum Gasteiger partial charge on any atom is 0.264 e. The Morgan fingerprint density at radius 2 is 1.42 bits per heavy atom. The summed E-state index contributed by atoms with van der Waals surface area (Å²) >= 11 is 0. The molecule has 224 valence electrons. The third-order valence-electron chi connectivity index (χ3n) is 6.86. The van der Waals surface area contributed by atoms with Crippen LogP contribution in [0.25, 0.3) is 0 Å². The van der Waals surface area contributed by atoms with Crippen LogP contribution < -0.4 is 14.4 Å². The zero-order chi connectivity index (χ0) is 30.8. The molecule has 0 aliphatic rings. The number of halogens is 1. The Morgan fingerprint density at radius 3 is 1.98 bits per heavy atom. The number of anilines is 1. The molecule has 0 bridgehead atoms. The second kappa shape index (κ2) is 14.5. The number of sulfonamides is 1. The highest BCUT2D eigenvalue weighted by Crippen LogP contribution is 2.26. The van der Waals surface area contributed by atoms with Gasteiger partial charge in [0.1, 0.15) is 24.2 Å². The largest absolute Gasteiger partial charge is 0.497 e. The molecular weight excluding hydrogens is 569 g/mol. The average molecular weight is 604 g/mol. The highest BCUT2D eigenvalue weighted by atomic mass is 32.2. The van der Waals surface area contributed by atoms with E-state index in [4.69, 9.17) is 4.74 Å². The molecule has 2 amide bonds. The lowest BCUT2D eigenvalue weighted by Gasteiger charge is -2.33. The van der Waals surface area contributed by atoms with Gasteiger partial charge < -0.3 is 15.0 Å². The number of carbonyl (C=O) groups excluding carboxylic acids is 2. The fourth-order valence-electron chi connectivity index (χ4n) is 4.64. The summed E-state index contributed by atoms with van der Waals surface area (Å²) in [4.78, 5) is 29.1. The van der Waals surface area contributed by atoms with Gasteiger partial charge in [-0.1, -0.05) is 60.7 Å². The van der Waals surface area contributed by atoms with Crippen LogP contribution in [-0.2, 0) is 32.6 Å². The minimum Gasteiger partial charge on any atom is -0.497 e. The van der Waals surface area contributed by atoms with Crippen molar-refractivity contribution in [1.29, 1.82) is 0 Å². The van der Waals surface area contributed by atoms with Gasteiger partial charge in [-0.3, -0.25) is 13.9 Å². The van der Waals surface area contributed by atoms with E-state index in [-0.39, 0.29) is 29.5 Å². The van der Waals surface area contributed by atoms with Crippen LogP contribution in [0.2, 0.25) is 0 Å². The van der Waals surface area contributed by atoms with Crippen molar-refractivity contribution in [1.82, 2.24) is 10.2 Å². The molecule has 0 aliphatic heterocycles. The van der Waals surface area contributed by atoms with Crippen molar-refractivity contribution in [3.05, 3.63) is 126 Å². The number of nitrogens with one attached hydrogen (secondary N) is 1. The van der Waals surface area contributed by atoms with Crippen LogP contribution in [0, 0.1) is 5.82 Å². The van der Waals surface area contributed by atoms with Crippen LogP contribution in [0.3, 0.4) is 0 Å². The van der Waals surface area contributed by atoms with Crippen molar-refractivity contribution in [2.24, 2.45) is 0 Å². The second-order valence-electron chi connectivity index (χ2n) is 9.77. The Balaban J connectivity index is 1.77. The van der Waals surface area contributed by atoms with Crippen molar-refractivity contribution < 1.29 is 27.1 Å². The van der Waals surface area contributed by atoms with Crippen LogP contribution in [0.1, 0.15) is 18.1 Å². The molecule has 10 heteroatoms. The number of benzene rings is 4. The second-order valence-corrected chi connectivity index (χ2v) is 11.6. The molecule has 8 nitrogen and oxygen atoms in total. The maximum atomic E-state index is 14.3. The van der Waals surface area contributed by atoms with E-state index in [2.05, 4.69) is 5.32 Å². The van der Waals surface area contributed by atoms with E-state index in [0.29, 0.717) is 12.3 Å². The molecule has 0 fully saturated rings. The summed E-state index contributed by atoms with van der Waals surface area (Å²) in [6, 6.07) is 28.2. The van der Waals surface area contributed by atoms with E-state index < -0.39 is 34.3 Å². The third kappa shape index (κ3) is 7.98. The Bertz CT molecular complexity index is 1600. The first-order valence-corrected chi connectivity index (χ1v) is 15.2. The monoisotopic (exact) mass is 603 g/mol. The lowest BCUT2D eigenvalue weighted by molar-refractivity contribution is -0.140. The molecule has 1 N–H and O–H groups in total. The van der Waals surface area contributed by atoms with E-state index in [1.807, 2.05) is 60.7 Å². The molecule has 4 aromatic carbocycles. The van der Waals surface area contributed by atoms with Crippen LogP contribution in [-0.4, -0.2) is 51.4 Å². The number of rotatable bonds is 13. The number of amides is 2. The van der Waals surface area contributed by atoms with Gasteiger partial charge in [0.15, 0.2) is 0 Å². The van der Waals surface area contributed by atoms with Gasteiger partial charge in [0, 0.05) is 19.5 Å². The fraction of sp³-hybridized carbons (Fsp3) is 0.212. The standard InChI is InChI=1S/C33H34FN3O5S/c1-3-35-33(39)31(22-25-10-6-4-7-11-25)36(23-26-12-8-5-9-13-26)32(38)24-37(28-16-14-27(34)15-17-28)43(40,41)30-20-18-29(42-2)19-21-30/h4-21,31H,3,22-24H2,1-2H3,(H,35,39)/t31-/m0/s1. The first-order valence-electron chi connectivity index (χ1n) is 13.8. The predicted molar refractivity (Wildman–Crippen MR) is 164 cm³/mol. The topological polar surface area (TPSA) is 96.0 Å². The lowest BCUT2D eigenvalue weighted by atomic mass is 10.0. The first-order chi connectivity index (χ1) is 20.7. The third-order valence-corrected chi connectivity index (χ3v) is 8.65. The van der Waals surface area contributed by atoms with Crippen molar-refractivity contribution in [3.63, 3.8) is 0 Å². The number of ether oxygens (including phenoxy) is 1. The highest BCUT2D eigenvalue weighted by molar-refractivity contribution is 7.92. The molecule has 43 heavy (non-hydrogen) atoms. The minimum absolute atomic E-state index is 0.0636. The summed E-state index contributed by atoms with van der Waals surface area (Å²) in [5.41, 5.74) is 1.71. The molecular formula is C33H34FN3O5S. The molecule has 0 radical (unpaired) electrons. The molecule has 0 aliphatic carbocycles. The van der Waals surface area contributed by atoms with Crippen molar-refractivity contribution in [2.45, 2.75) is 30.8 Å². The SMILES string of the molecule is CCNC(=O)[C@H](Cc1ccccc1)N(Cc1ccccc1)C(=O)CN(c1ccc(F)cc1)S(=O)(=O)c1ccc(OC)cc1. The van der Waals surface area contributed by atoms with Crippen LogP contribution in [0.5, 0.6) is 5.75 Å². The summed E-state index contributed by atoms with van der Waals surface area (Å²) in [6.07, 6.45) is 0.215. The smallest absolute Gasteiger partial charge is 0.264 e. The van der Waals surface area contributed by atoms with Gasteiger partial charge >= 0.3 is 0 Å². The van der Waals surface area contributed by atoms with Gasteiger partial charge in [-0.15, -0.1) is 0 Å². The normalized spacial score (nSPS) is 11.8. The zero-order valence-electron chi connectivity index (χ0n) is 24.0. The predicted octanol–water partition coefficient (Wildman–Crippen LogP) is 4.81. The van der Waals surface area contributed by atoms with Crippen molar-refractivity contribution >= 4 is 27.5 Å². The Kier molecular flexibility index (Phi) is 10.5. The summed E-state index contributed by atoms with van der Waals surface area (Å²) in [6.45, 7) is 1.58. The van der Waals surface area contributed by atoms with E-state index in [9.17, 15) is 22.4 Å². The summed E-state index contributed by atoms with van der Waals surface area (Å²) in [5, 5.41) is 2.83. The lowest BCUT2D eigenvalue weighted by Crippen LogP contribution is -2.53. The number of likely N-dealkylation sites (N-methyl/N-ethyl adjacent to an activating group) is 1. The summed E-state index contributed by atoms with van der Waals surface area (Å²) in [5.74, 6) is -1.05. The quantitative estimate of drug-likeness (QED) is 0.237. The van der Waals surface area contributed by atoms with E-state index in [0.717, 1.165) is 27.6 Å². The Labute approximate surface area is 251 Å². The summed E-state index contributed by atoms with van der Waals surface area (Å²) < 4.78 is 47.9. The Morgan fingerprint density at radius 1 is 0.837 bits per heavy atom.